The van der Waals surface area contributed by atoms with E-state index in [4.69, 9.17) is 0 Å². The third kappa shape index (κ3) is 1.50. The second kappa shape index (κ2) is 4.11. The molecule has 3 heterocycles. The van der Waals surface area contributed by atoms with Gasteiger partial charge in [0.1, 0.15) is 11.2 Å². The highest BCUT2D eigenvalue weighted by Gasteiger charge is 2.11. The molecule has 0 aliphatic carbocycles. The highest BCUT2D eigenvalue weighted by atomic mass is 32.1. The smallest absolute Gasteiger partial charge is 0.266 e. The summed E-state index contributed by atoms with van der Waals surface area (Å²) in [7, 11) is 0. The molecule has 20 heavy (non-hydrogen) atoms. The SMILES string of the molecule is CCc1cc2c(ncn3c(=O)c4ccccc4nc23)s1. The molecular formula is C15H11N3OS. The van der Waals surface area contributed by atoms with Crippen LogP contribution in [0.3, 0.4) is 0 Å². The van der Waals surface area contributed by atoms with Crippen molar-refractivity contribution in [2.45, 2.75) is 13.3 Å². The van der Waals surface area contributed by atoms with Gasteiger partial charge < -0.3 is 0 Å². The number of aryl methyl sites for hydroxylation is 1. The van der Waals surface area contributed by atoms with Crippen LogP contribution in [0.1, 0.15) is 11.8 Å². The fourth-order valence-corrected chi connectivity index (χ4v) is 3.34. The van der Waals surface area contributed by atoms with E-state index in [1.807, 2.05) is 18.2 Å². The topological polar surface area (TPSA) is 47.3 Å². The van der Waals surface area contributed by atoms with E-state index in [1.165, 1.54) is 9.28 Å². The van der Waals surface area contributed by atoms with Gasteiger partial charge in [-0.15, -0.1) is 11.3 Å². The largest absolute Gasteiger partial charge is 0.268 e. The lowest BCUT2D eigenvalue weighted by Crippen LogP contribution is -2.15. The Morgan fingerprint density at radius 2 is 2.10 bits per heavy atom. The van der Waals surface area contributed by atoms with E-state index in [9.17, 15) is 4.79 Å². The molecule has 0 unspecified atom stereocenters. The number of thiophene rings is 1. The fourth-order valence-electron chi connectivity index (χ4n) is 2.41. The third-order valence-electron chi connectivity index (χ3n) is 3.45. The van der Waals surface area contributed by atoms with Gasteiger partial charge in [-0.2, -0.15) is 0 Å². The van der Waals surface area contributed by atoms with Crippen LogP contribution in [-0.4, -0.2) is 14.4 Å². The van der Waals surface area contributed by atoms with Crippen LogP contribution in [0.2, 0.25) is 0 Å². The van der Waals surface area contributed by atoms with E-state index in [0.717, 1.165) is 22.2 Å². The molecule has 0 amide bonds. The Kier molecular flexibility index (Phi) is 2.37. The molecule has 98 valence electrons. The first-order valence-corrected chi connectivity index (χ1v) is 7.28. The predicted octanol–water partition coefficient (Wildman–Crippen LogP) is 3.02. The van der Waals surface area contributed by atoms with Crippen molar-refractivity contribution in [3.63, 3.8) is 0 Å². The first-order valence-electron chi connectivity index (χ1n) is 6.46. The Bertz CT molecular complexity index is 1020. The van der Waals surface area contributed by atoms with Gasteiger partial charge in [0, 0.05) is 4.88 Å². The van der Waals surface area contributed by atoms with Gasteiger partial charge in [-0.05, 0) is 24.6 Å². The van der Waals surface area contributed by atoms with E-state index < -0.39 is 0 Å². The Morgan fingerprint density at radius 3 is 2.95 bits per heavy atom. The molecule has 1 aromatic carbocycles. The van der Waals surface area contributed by atoms with Crippen LogP contribution in [0.4, 0.5) is 0 Å². The summed E-state index contributed by atoms with van der Waals surface area (Å²) in [6, 6.07) is 9.50. The summed E-state index contributed by atoms with van der Waals surface area (Å²) in [5.74, 6) is 0. The zero-order valence-electron chi connectivity index (χ0n) is 10.8. The zero-order valence-corrected chi connectivity index (χ0v) is 11.6. The molecule has 0 aliphatic rings. The summed E-state index contributed by atoms with van der Waals surface area (Å²) in [6.45, 7) is 2.11. The number of aromatic nitrogens is 3. The van der Waals surface area contributed by atoms with Gasteiger partial charge in [0.05, 0.1) is 16.3 Å². The molecule has 0 fully saturated rings. The molecule has 0 bridgehead atoms. The Labute approximate surface area is 118 Å². The Balaban J connectivity index is 2.27. The minimum absolute atomic E-state index is 0.0655. The molecule has 3 aromatic heterocycles. The molecular weight excluding hydrogens is 270 g/mol. The fraction of sp³-hybridized carbons (Fsp3) is 0.133. The Morgan fingerprint density at radius 1 is 1.25 bits per heavy atom. The summed E-state index contributed by atoms with van der Waals surface area (Å²) in [5, 5.41) is 1.58. The number of hydrogen-bond acceptors (Lipinski definition) is 4. The number of rotatable bonds is 1. The first-order chi connectivity index (χ1) is 9.78. The van der Waals surface area contributed by atoms with Crippen LogP contribution in [-0.2, 0) is 6.42 Å². The van der Waals surface area contributed by atoms with Crippen LogP contribution < -0.4 is 5.56 Å². The zero-order chi connectivity index (χ0) is 13.7. The van der Waals surface area contributed by atoms with E-state index >= 15 is 0 Å². The van der Waals surface area contributed by atoms with Gasteiger partial charge in [-0.25, -0.2) is 14.4 Å². The van der Waals surface area contributed by atoms with E-state index in [0.29, 0.717) is 11.0 Å². The number of para-hydroxylation sites is 1. The molecule has 0 atom stereocenters. The van der Waals surface area contributed by atoms with Gasteiger partial charge >= 0.3 is 0 Å². The van der Waals surface area contributed by atoms with Gasteiger partial charge in [0.2, 0.25) is 0 Å². The van der Waals surface area contributed by atoms with Gasteiger partial charge in [0.25, 0.3) is 5.56 Å². The highest BCUT2D eigenvalue weighted by molar-refractivity contribution is 7.18. The monoisotopic (exact) mass is 281 g/mol. The number of fused-ring (bicyclic) bond motifs is 4. The van der Waals surface area contributed by atoms with Crippen molar-refractivity contribution in [1.29, 1.82) is 0 Å². The standard InChI is InChI=1S/C15H11N3OS/c1-2-9-7-11-13-17-12-6-4-3-5-10(12)15(19)18(13)8-16-14(11)20-9/h3-8H,2H2,1H3. The summed E-state index contributed by atoms with van der Waals surface area (Å²) in [5.41, 5.74) is 1.35. The van der Waals surface area contributed by atoms with Crippen molar-refractivity contribution in [2.24, 2.45) is 0 Å². The lowest BCUT2D eigenvalue weighted by molar-refractivity contribution is 1.04. The molecule has 4 nitrogen and oxygen atoms in total. The number of hydrogen-bond donors (Lipinski definition) is 0. The van der Waals surface area contributed by atoms with E-state index in [1.54, 1.807) is 23.7 Å². The minimum Gasteiger partial charge on any atom is -0.268 e. The van der Waals surface area contributed by atoms with Gasteiger partial charge in [-0.1, -0.05) is 19.1 Å². The molecule has 0 aliphatic heterocycles. The second-order valence-electron chi connectivity index (χ2n) is 4.66. The Hall–Kier alpha value is -2.27. The maximum Gasteiger partial charge on any atom is 0.266 e. The van der Waals surface area contributed by atoms with Crippen molar-refractivity contribution in [1.82, 2.24) is 14.4 Å². The predicted molar refractivity (Wildman–Crippen MR) is 81.5 cm³/mol. The quantitative estimate of drug-likeness (QED) is 0.504. The van der Waals surface area contributed by atoms with Gasteiger partial charge in [-0.3, -0.25) is 4.79 Å². The minimum atomic E-state index is -0.0655. The van der Waals surface area contributed by atoms with Crippen molar-refractivity contribution >= 4 is 38.1 Å². The average molecular weight is 281 g/mol. The summed E-state index contributed by atoms with van der Waals surface area (Å²) in [6.07, 6.45) is 2.54. The molecule has 0 spiro atoms. The molecule has 0 saturated heterocycles. The maximum absolute atomic E-state index is 12.5. The van der Waals surface area contributed by atoms with E-state index in [2.05, 4.69) is 23.0 Å². The lowest BCUT2D eigenvalue weighted by Gasteiger charge is -2.03. The third-order valence-corrected chi connectivity index (χ3v) is 4.64. The van der Waals surface area contributed by atoms with Crippen LogP contribution in [0.5, 0.6) is 0 Å². The summed E-state index contributed by atoms with van der Waals surface area (Å²) < 4.78 is 1.54. The van der Waals surface area contributed by atoms with Crippen LogP contribution >= 0.6 is 11.3 Å². The summed E-state index contributed by atoms with van der Waals surface area (Å²) in [4.78, 5) is 23.7. The van der Waals surface area contributed by atoms with Crippen molar-refractivity contribution in [2.75, 3.05) is 0 Å². The number of benzene rings is 1. The van der Waals surface area contributed by atoms with Crippen LogP contribution in [0.25, 0.3) is 26.8 Å². The molecule has 5 heteroatoms. The molecule has 0 saturated carbocycles. The molecule has 4 aromatic rings. The van der Waals surface area contributed by atoms with Crippen molar-refractivity contribution in [3.8, 4) is 0 Å². The van der Waals surface area contributed by atoms with Crippen LogP contribution in [0.15, 0.2) is 41.5 Å². The molecule has 4 rings (SSSR count). The first kappa shape index (κ1) is 11.5. The second-order valence-corrected chi connectivity index (χ2v) is 5.77. The van der Waals surface area contributed by atoms with E-state index in [-0.39, 0.29) is 5.56 Å². The van der Waals surface area contributed by atoms with Crippen molar-refractivity contribution < 1.29 is 0 Å². The number of nitrogens with zero attached hydrogens (tertiary/aromatic N) is 3. The van der Waals surface area contributed by atoms with Crippen molar-refractivity contribution in [3.05, 3.63) is 51.9 Å². The molecule has 0 N–H and O–H groups in total. The maximum atomic E-state index is 12.5. The lowest BCUT2D eigenvalue weighted by atomic mass is 10.2. The molecule has 0 radical (unpaired) electrons. The normalized spacial score (nSPS) is 11.7. The summed E-state index contributed by atoms with van der Waals surface area (Å²) >= 11 is 1.66. The highest BCUT2D eigenvalue weighted by Crippen LogP contribution is 2.26. The van der Waals surface area contributed by atoms with Crippen LogP contribution in [0, 0.1) is 0 Å². The van der Waals surface area contributed by atoms with Gasteiger partial charge in [0.15, 0.2) is 5.65 Å². The average Bonchev–Trinajstić information content (AvgIpc) is 2.91.